The second-order valence-electron chi connectivity index (χ2n) is 9.70. The number of amides is 2. The van der Waals surface area contributed by atoms with Gasteiger partial charge in [0.15, 0.2) is 5.82 Å². The zero-order chi connectivity index (χ0) is 28.4. The third-order valence-electron chi connectivity index (χ3n) is 6.36. The van der Waals surface area contributed by atoms with Gasteiger partial charge in [-0.05, 0) is 57.4 Å². The van der Waals surface area contributed by atoms with Gasteiger partial charge in [0.25, 0.3) is 11.8 Å². The summed E-state index contributed by atoms with van der Waals surface area (Å²) in [6.07, 6.45) is 7.52. The first-order valence-electron chi connectivity index (χ1n) is 12.6. The minimum absolute atomic E-state index is 0.300. The molecule has 4 heterocycles. The molecule has 4 aromatic heterocycles. The molecule has 0 aliphatic rings. The van der Waals surface area contributed by atoms with Gasteiger partial charge in [0.05, 0.1) is 39.9 Å². The summed E-state index contributed by atoms with van der Waals surface area (Å²) in [5.74, 6) is -2.24. The summed E-state index contributed by atoms with van der Waals surface area (Å²) in [4.78, 5) is 40.0. The van der Waals surface area contributed by atoms with Crippen molar-refractivity contribution in [1.29, 1.82) is 0 Å². The Hall–Kier alpha value is -4.84. The van der Waals surface area contributed by atoms with Gasteiger partial charge in [-0.1, -0.05) is 0 Å². The molecule has 206 valence electrons. The molecule has 0 bridgehead atoms. The number of pyridine rings is 1. The Morgan fingerprint density at radius 3 is 2.55 bits per heavy atom. The molecule has 40 heavy (non-hydrogen) atoms. The number of anilines is 2. The van der Waals surface area contributed by atoms with Crippen molar-refractivity contribution in [2.75, 3.05) is 31.3 Å². The summed E-state index contributed by atoms with van der Waals surface area (Å²) in [5, 5.41) is 5.53. The van der Waals surface area contributed by atoms with Gasteiger partial charge in [0.2, 0.25) is 0 Å². The number of fused-ring (bicyclic) bond motifs is 1. The fourth-order valence-electron chi connectivity index (χ4n) is 4.43. The smallest absolute Gasteiger partial charge is 0.272 e. The predicted octanol–water partition coefficient (Wildman–Crippen LogP) is 4.50. The van der Waals surface area contributed by atoms with E-state index in [4.69, 9.17) is 0 Å². The lowest BCUT2D eigenvalue weighted by atomic mass is 10.2. The lowest BCUT2D eigenvalue weighted by Gasteiger charge is -2.12. The van der Waals surface area contributed by atoms with E-state index in [1.807, 2.05) is 42.7 Å². The quantitative estimate of drug-likeness (QED) is 0.252. The molecule has 0 atom stereocenters. The highest BCUT2D eigenvalue weighted by Gasteiger charge is 2.19. The molecule has 5 rings (SSSR count). The first-order valence-corrected chi connectivity index (χ1v) is 12.6. The largest absolute Gasteiger partial charge is 0.346 e. The van der Waals surface area contributed by atoms with Gasteiger partial charge in [0, 0.05) is 38.2 Å². The number of halogens is 2. The summed E-state index contributed by atoms with van der Waals surface area (Å²) in [5.41, 5.74) is 3.23. The van der Waals surface area contributed by atoms with Crippen LogP contribution in [0.3, 0.4) is 0 Å². The number of nitrogens with one attached hydrogen (secondary N) is 3. The summed E-state index contributed by atoms with van der Waals surface area (Å²) >= 11 is 0. The minimum atomic E-state index is -0.971. The molecule has 0 saturated heterocycles. The number of benzene rings is 1. The fourth-order valence-corrected chi connectivity index (χ4v) is 4.43. The van der Waals surface area contributed by atoms with Crippen LogP contribution in [0.4, 0.5) is 20.2 Å². The number of aromatic nitrogens is 5. The molecule has 0 aliphatic carbocycles. The highest BCUT2D eigenvalue weighted by molar-refractivity contribution is 6.07. The van der Waals surface area contributed by atoms with E-state index < -0.39 is 17.5 Å². The molecule has 0 spiro atoms. The van der Waals surface area contributed by atoms with E-state index in [-0.39, 0.29) is 11.5 Å². The van der Waals surface area contributed by atoms with E-state index in [0.717, 1.165) is 41.8 Å². The van der Waals surface area contributed by atoms with Crippen molar-refractivity contribution in [2.24, 2.45) is 7.05 Å². The van der Waals surface area contributed by atoms with Crippen LogP contribution in [0.15, 0.2) is 61.2 Å². The topological polar surface area (TPSA) is 113 Å². The number of hydrogen-bond acceptors (Lipinski definition) is 5. The Balaban J connectivity index is 1.37. The molecule has 0 aliphatic heterocycles. The van der Waals surface area contributed by atoms with Crippen molar-refractivity contribution in [3.8, 4) is 11.5 Å². The summed E-state index contributed by atoms with van der Waals surface area (Å²) in [7, 11) is 5.76. The van der Waals surface area contributed by atoms with Crippen LogP contribution in [0.2, 0.25) is 0 Å². The average molecular weight is 547 g/mol. The second kappa shape index (κ2) is 11.1. The molecule has 10 nitrogen and oxygen atoms in total. The van der Waals surface area contributed by atoms with Crippen LogP contribution in [0.1, 0.15) is 27.3 Å². The van der Waals surface area contributed by atoms with Crippen LogP contribution in [0, 0.1) is 11.6 Å². The van der Waals surface area contributed by atoms with Crippen LogP contribution >= 0.6 is 0 Å². The molecule has 12 heteroatoms. The fraction of sp³-hybridized carbons (Fsp3) is 0.214. The Morgan fingerprint density at radius 1 is 1.02 bits per heavy atom. The van der Waals surface area contributed by atoms with Gasteiger partial charge in [-0.15, -0.1) is 0 Å². The summed E-state index contributed by atoms with van der Waals surface area (Å²) in [6, 6.07) is 7.89. The van der Waals surface area contributed by atoms with Gasteiger partial charge < -0.3 is 29.7 Å². The Morgan fingerprint density at radius 2 is 1.80 bits per heavy atom. The normalized spacial score (nSPS) is 11.3. The standard InChI is InChI=1S/C28H28F2N8O2/c1-36(2)9-4-10-38-16-19(32-27(39)20-6-5-17(29)11-21(20)30)13-25(38)28(40)33-18-12-24(37(3)15-18)26-34-22-7-8-31-14-23(22)35-26/h5-8,11-16H,4,9-10H2,1-3H3,(H,32,39)(H,33,40)(H,34,35). The van der Waals surface area contributed by atoms with Crippen molar-refractivity contribution in [1.82, 2.24) is 29.0 Å². The molecule has 1 aromatic carbocycles. The number of nitrogens with zero attached hydrogens (tertiary/aromatic N) is 5. The van der Waals surface area contributed by atoms with Crippen LogP contribution in [0.5, 0.6) is 0 Å². The van der Waals surface area contributed by atoms with E-state index in [2.05, 4.69) is 25.6 Å². The molecule has 0 fully saturated rings. The molecular formula is C28H28F2N8O2. The van der Waals surface area contributed by atoms with Crippen molar-refractivity contribution in [2.45, 2.75) is 13.0 Å². The Labute approximate surface area is 228 Å². The van der Waals surface area contributed by atoms with Gasteiger partial charge in [0.1, 0.15) is 17.3 Å². The maximum Gasteiger partial charge on any atom is 0.272 e. The third kappa shape index (κ3) is 5.76. The molecule has 5 aromatic rings. The average Bonchev–Trinajstić information content (AvgIpc) is 3.60. The number of aryl methyl sites for hydroxylation is 2. The lowest BCUT2D eigenvalue weighted by Crippen LogP contribution is -2.19. The van der Waals surface area contributed by atoms with Gasteiger partial charge in [-0.3, -0.25) is 14.6 Å². The van der Waals surface area contributed by atoms with E-state index >= 15 is 0 Å². The van der Waals surface area contributed by atoms with Crippen molar-refractivity contribution in [3.63, 3.8) is 0 Å². The van der Waals surface area contributed by atoms with E-state index in [1.54, 1.807) is 29.4 Å². The van der Waals surface area contributed by atoms with E-state index in [1.165, 1.54) is 6.07 Å². The van der Waals surface area contributed by atoms with Crippen LogP contribution < -0.4 is 10.6 Å². The molecule has 3 N–H and O–H groups in total. The van der Waals surface area contributed by atoms with Crippen molar-refractivity contribution in [3.05, 3.63) is 84.1 Å². The van der Waals surface area contributed by atoms with Crippen LogP contribution in [0.25, 0.3) is 22.6 Å². The van der Waals surface area contributed by atoms with Crippen LogP contribution in [-0.2, 0) is 13.6 Å². The molecule has 0 saturated carbocycles. The number of H-pyrrole nitrogens is 1. The second-order valence-corrected chi connectivity index (χ2v) is 9.70. The zero-order valence-electron chi connectivity index (χ0n) is 22.2. The highest BCUT2D eigenvalue weighted by Crippen LogP contribution is 2.25. The minimum Gasteiger partial charge on any atom is -0.346 e. The number of carbonyl (C=O) groups excluding carboxylic acids is 2. The molecule has 2 amide bonds. The summed E-state index contributed by atoms with van der Waals surface area (Å²) < 4.78 is 31.0. The lowest BCUT2D eigenvalue weighted by molar-refractivity contribution is 0.101. The number of hydrogen-bond donors (Lipinski definition) is 3. The van der Waals surface area contributed by atoms with E-state index in [9.17, 15) is 18.4 Å². The highest BCUT2D eigenvalue weighted by atomic mass is 19.1. The number of aromatic amines is 1. The third-order valence-corrected chi connectivity index (χ3v) is 6.36. The van der Waals surface area contributed by atoms with Gasteiger partial charge in [-0.25, -0.2) is 13.8 Å². The maximum absolute atomic E-state index is 14.1. The Kier molecular flexibility index (Phi) is 7.43. The van der Waals surface area contributed by atoms with E-state index in [0.29, 0.717) is 35.5 Å². The Bertz CT molecular complexity index is 1670. The first kappa shape index (κ1) is 26.8. The van der Waals surface area contributed by atoms with Gasteiger partial charge >= 0.3 is 0 Å². The van der Waals surface area contributed by atoms with Gasteiger partial charge in [-0.2, -0.15) is 0 Å². The molecular weight excluding hydrogens is 518 g/mol. The number of carbonyl (C=O) groups is 2. The monoisotopic (exact) mass is 546 g/mol. The maximum atomic E-state index is 14.1. The number of imidazole rings is 1. The number of rotatable bonds is 9. The summed E-state index contributed by atoms with van der Waals surface area (Å²) in [6.45, 7) is 1.30. The van der Waals surface area contributed by atoms with Crippen LogP contribution in [-0.4, -0.2) is 61.4 Å². The first-order chi connectivity index (χ1) is 19.2. The molecule has 0 radical (unpaired) electrons. The predicted molar refractivity (Wildman–Crippen MR) is 148 cm³/mol. The van der Waals surface area contributed by atoms with Crippen molar-refractivity contribution >= 4 is 34.2 Å². The molecule has 0 unspecified atom stereocenters. The zero-order valence-corrected chi connectivity index (χ0v) is 22.2. The SMILES string of the molecule is CN(C)CCCn1cc(NC(=O)c2ccc(F)cc2F)cc1C(=O)Nc1cc(-c2nc3ccncc3[nH]2)n(C)c1. The van der Waals surface area contributed by atoms with Crippen molar-refractivity contribution < 1.29 is 18.4 Å².